The number of hydrogen-bond donors (Lipinski definition) is 0. The second kappa shape index (κ2) is 9.86. The van der Waals surface area contributed by atoms with E-state index in [1.165, 1.54) is 12.1 Å². The van der Waals surface area contributed by atoms with Crippen molar-refractivity contribution in [3.05, 3.63) is 81.0 Å². The van der Waals surface area contributed by atoms with Crippen LogP contribution in [0, 0.1) is 5.82 Å². The normalized spacial score (nSPS) is 18.3. The molecule has 7 heteroatoms. The molecular weight excluding hydrogens is 471 g/mol. The predicted molar refractivity (Wildman–Crippen MR) is 129 cm³/mol. The van der Waals surface area contributed by atoms with Crippen LogP contribution in [0.5, 0.6) is 11.5 Å². The molecule has 1 aliphatic heterocycles. The highest BCUT2D eigenvalue weighted by molar-refractivity contribution is 6.32. The lowest BCUT2D eigenvalue weighted by Crippen LogP contribution is -2.30. The van der Waals surface area contributed by atoms with Crippen molar-refractivity contribution in [2.24, 2.45) is 0 Å². The number of ketones is 2. The van der Waals surface area contributed by atoms with Crippen LogP contribution in [-0.2, 0) is 20.9 Å². The van der Waals surface area contributed by atoms with Crippen molar-refractivity contribution in [3.8, 4) is 11.5 Å². The summed E-state index contributed by atoms with van der Waals surface area (Å²) in [7, 11) is 0. The van der Waals surface area contributed by atoms with Gasteiger partial charge in [-0.15, -0.1) is 0 Å². The molecule has 0 N–H and O–H groups in total. The number of ether oxygens (including phenoxy) is 3. The van der Waals surface area contributed by atoms with E-state index in [2.05, 4.69) is 0 Å². The van der Waals surface area contributed by atoms with Crippen LogP contribution in [-0.4, -0.2) is 18.2 Å². The zero-order valence-corrected chi connectivity index (χ0v) is 20.3. The summed E-state index contributed by atoms with van der Waals surface area (Å²) in [4.78, 5) is 26.1. The molecule has 0 atom stereocenters. The van der Waals surface area contributed by atoms with Gasteiger partial charge in [-0.2, -0.15) is 0 Å². The van der Waals surface area contributed by atoms with Crippen LogP contribution in [0.15, 0.2) is 59.1 Å². The van der Waals surface area contributed by atoms with E-state index in [9.17, 15) is 14.0 Å². The molecule has 0 saturated carbocycles. The monoisotopic (exact) mass is 496 g/mol. The van der Waals surface area contributed by atoms with Crippen molar-refractivity contribution < 1.29 is 28.2 Å². The Hall–Kier alpha value is -3.12. The highest BCUT2D eigenvalue weighted by atomic mass is 35.5. The lowest BCUT2D eigenvalue weighted by Gasteiger charge is -2.36. The summed E-state index contributed by atoms with van der Waals surface area (Å²) in [5.41, 5.74) is 2.46. The molecule has 0 spiro atoms. The van der Waals surface area contributed by atoms with Crippen LogP contribution in [0.2, 0.25) is 5.02 Å². The summed E-state index contributed by atoms with van der Waals surface area (Å²) < 4.78 is 31.5. The van der Waals surface area contributed by atoms with E-state index in [0.717, 1.165) is 12.8 Å². The molecule has 2 aromatic carbocycles. The fourth-order valence-corrected chi connectivity index (χ4v) is 5.36. The Kier molecular flexibility index (Phi) is 6.65. The van der Waals surface area contributed by atoms with E-state index >= 15 is 0 Å². The number of benzene rings is 2. The Bertz CT molecular complexity index is 1220. The second-order valence-electron chi connectivity index (χ2n) is 8.94. The van der Waals surface area contributed by atoms with Gasteiger partial charge in [0.1, 0.15) is 23.9 Å². The molecular formula is C28H26ClFO5. The molecule has 5 rings (SSSR count). The number of hydrogen-bond acceptors (Lipinski definition) is 5. The first kappa shape index (κ1) is 23.6. The molecule has 0 fully saturated rings. The SMILES string of the molecule is CCOc1cc(C2C3=C(CCCC3=O)OC3=C2C(=O)CCC3)cc(Cl)c1OCc1cccc(F)c1. The van der Waals surface area contributed by atoms with Gasteiger partial charge in [-0.25, -0.2) is 4.39 Å². The molecule has 2 aromatic rings. The number of halogens is 2. The average molecular weight is 497 g/mol. The zero-order valence-electron chi connectivity index (χ0n) is 19.5. The second-order valence-corrected chi connectivity index (χ2v) is 9.35. The van der Waals surface area contributed by atoms with Crippen molar-refractivity contribution in [1.29, 1.82) is 0 Å². The third-order valence-corrected chi connectivity index (χ3v) is 6.86. The van der Waals surface area contributed by atoms with Crippen LogP contribution in [0.4, 0.5) is 4.39 Å². The Morgan fingerprint density at radius 1 is 0.971 bits per heavy atom. The van der Waals surface area contributed by atoms with E-state index < -0.39 is 5.92 Å². The maximum atomic E-state index is 13.6. The molecule has 0 radical (unpaired) electrons. The highest BCUT2D eigenvalue weighted by Gasteiger charge is 2.42. The number of allylic oxidation sites excluding steroid dienone is 4. The summed E-state index contributed by atoms with van der Waals surface area (Å²) in [6.07, 6.45) is 3.66. The van der Waals surface area contributed by atoms with E-state index in [0.29, 0.717) is 82.6 Å². The van der Waals surface area contributed by atoms with E-state index in [-0.39, 0.29) is 24.0 Å². The number of carbonyl (C=O) groups is 2. The summed E-state index contributed by atoms with van der Waals surface area (Å²) >= 11 is 6.70. The number of carbonyl (C=O) groups excluding carboxylic acids is 2. The van der Waals surface area contributed by atoms with Gasteiger partial charge in [-0.3, -0.25) is 9.59 Å². The standard InChI is InChI=1S/C28H26ClFO5/c1-2-33-24-14-17(13-19(29)28(24)34-15-16-6-3-7-18(30)12-16)25-26-20(31)8-4-10-22(26)35-23-11-5-9-21(32)27(23)25/h3,6-7,12-14,25H,2,4-5,8-11,15H2,1H3. The van der Waals surface area contributed by atoms with Crippen molar-refractivity contribution in [1.82, 2.24) is 0 Å². The molecule has 0 amide bonds. The molecule has 182 valence electrons. The van der Waals surface area contributed by atoms with E-state index in [1.54, 1.807) is 24.3 Å². The minimum atomic E-state index is -0.539. The van der Waals surface area contributed by atoms with Gasteiger partial charge in [0.25, 0.3) is 0 Å². The van der Waals surface area contributed by atoms with Crippen molar-refractivity contribution in [2.45, 2.75) is 58.0 Å². The van der Waals surface area contributed by atoms with Crippen molar-refractivity contribution >= 4 is 23.2 Å². The Morgan fingerprint density at radius 2 is 1.66 bits per heavy atom. The molecule has 0 bridgehead atoms. The van der Waals surface area contributed by atoms with Crippen LogP contribution in [0.25, 0.3) is 0 Å². The molecule has 0 saturated heterocycles. The van der Waals surface area contributed by atoms with Gasteiger partial charge in [0, 0.05) is 42.7 Å². The lowest BCUT2D eigenvalue weighted by atomic mass is 9.73. The van der Waals surface area contributed by atoms with Crippen LogP contribution >= 0.6 is 11.6 Å². The minimum absolute atomic E-state index is 0.00156. The van der Waals surface area contributed by atoms with Gasteiger partial charge in [-0.05, 0) is 55.2 Å². The van der Waals surface area contributed by atoms with Crippen LogP contribution < -0.4 is 9.47 Å². The summed E-state index contributed by atoms with van der Waals surface area (Å²) in [6.45, 7) is 2.32. The molecule has 0 aromatic heterocycles. The Labute approximate surface area is 208 Å². The summed E-state index contributed by atoms with van der Waals surface area (Å²) in [5.74, 6) is 1.20. The third kappa shape index (κ3) is 4.59. The van der Waals surface area contributed by atoms with Gasteiger partial charge in [0.05, 0.1) is 11.6 Å². The molecule has 0 unspecified atom stereocenters. The summed E-state index contributed by atoms with van der Waals surface area (Å²) in [6, 6.07) is 9.68. The highest BCUT2D eigenvalue weighted by Crippen LogP contribution is 2.50. The maximum absolute atomic E-state index is 13.6. The molecule has 3 aliphatic rings. The first-order valence-corrected chi connectivity index (χ1v) is 12.4. The molecule has 5 nitrogen and oxygen atoms in total. The molecule has 35 heavy (non-hydrogen) atoms. The van der Waals surface area contributed by atoms with Gasteiger partial charge in [0.2, 0.25) is 0 Å². The third-order valence-electron chi connectivity index (χ3n) is 6.58. The Morgan fingerprint density at radius 3 is 2.29 bits per heavy atom. The summed E-state index contributed by atoms with van der Waals surface area (Å²) in [5, 5.41) is 0.296. The largest absolute Gasteiger partial charge is 0.490 e. The Balaban J connectivity index is 1.57. The fraction of sp³-hybridized carbons (Fsp3) is 0.357. The topological polar surface area (TPSA) is 61.8 Å². The smallest absolute Gasteiger partial charge is 0.180 e. The number of rotatable bonds is 6. The predicted octanol–water partition coefficient (Wildman–Crippen LogP) is 6.58. The van der Waals surface area contributed by atoms with Gasteiger partial charge < -0.3 is 14.2 Å². The van der Waals surface area contributed by atoms with Gasteiger partial charge >= 0.3 is 0 Å². The van der Waals surface area contributed by atoms with E-state index in [1.807, 2.05) is 6.92 Å². The van der Waals surface area contributed by atoms with Crippen molar-refractivity contribution in [2.75, 3.05) is 6.61 Å². The van der Waals surface area contributed by atoms with Crippen LogP contribution in [0.1, 0.15) is 62.5 Å². The first-order valence-electron chi connectivity index (χ1n) is 12.0. The molecule has 1 heterocycles. The number of Topliss-reactive ketones (excluding diaryl/α,β-unsaturated/α-hetero) is 2. The first-order chi connectivity index (χ1) is 17.0. The molecule has 2 aliphatic carbocycles. The fourth-order valence-electron chi connectivity index (χ4n) is 5.09. The zero-order chi connectivity index (χ0) is 24.5. The lowest BCUT2D eigenvalue weighted by molar-refractivity contribution is -0.117. The quantitative estimate of drug-likeness (QED) is 0.451. The van der Waals surface area contributed by atoms with Crippen molar-refractivity contribution in [3.63, 3.8) is 0 Å². The van der Waals surface area contributed by atoms with Crippen LogP contribution in [0.3, 0.4) is 0 Å². The minimum Gasteiger partial charge on any atom is -0.490 e. The van der Waals surface area contributed by atoms with Gasteiger partial charge in [-0.1, -0.05) is 23.7 Å². The maximum Gasteiger partial charge on any atom is 0.180 e. The van der Waals surface area contributed by atoms with Gasteiger partial charge in [0.15, 0.2) is 23.1 Å². The van der Waals surface area contributed by atoms with E-state index in [4.69, 9.17) is 25.8 Å². The average Bonchev–Trinajstić information content (AvgIpc) is 2.83.